The molecule has 0 amide bonds. The fourth-order valence-corrected chi connectivity index (χ4v) is 3.50. The monoisotopic (exact) mass is 432 g/mol. The Balaban J connectivity index is 2.03. The van der Waals surface area contributed by atoms with Crippen LogP contribution in [0.15, 0.2) is 41.4 Å². The smallest absolute Gasteiger partial charge is 0.310 e. The number of rotatable bonds is 4. The second kappa shape index (κ2) is 7.69. The first-order chi connectivity index (χ1) is 13.5. The molecule has 29 heavy (non-hydrogen) atoms. The molecule has 11 heteroatoms. The van der Waals surface area contributed by atoms with Gasteiger partial charge in [-0.15, -0.1) is 22.0 Å². The van der Waals surface area contributed by atoms with E-state index in [1.165, 1.54) is 28.5 Å². The average molecular weight is 432 g/mol. The molecule has 0 aliphatic carbocycles. The minimum absolute atomic E-state index is 0.244. The van der Waals surface area contributed by atoms with Crippen LogP contribution in [-0.2, 0) is 19.4 Å². The fourth-order valence-electron chi connectivity index (χ4n) is 2.67. The van der Waals surface area contributed by atoms with Gasteiger partial charge in [-0.3, -0.25) is 4.98 Å². The molecule has 2 heterocycles. The summed E-state index contributed by atoms with van der Waals surface area (Å²) in [6, 6.07) is 5.39. The first-order valence-corrected chi connectivity index (χ1v) is 9.28. The van der Waals surface area contributed by atoms with E-state index < -0.39 is 23.6 Å². The molecule has 0 aliphatic rings. The number of nitrogens with zero attached hydrogens (tertiary/aromatic N) is 4. The largest absolute Gasteiger partial charge is 0.433 e. The highest BCUT2D eigenvalue weighted by atomic mass is 32.2. The Morgan fingerprint density at radius 2 is 1.62 bits per heavy atom. The Morgan fingerprint density at radius 3 is 2.17 bits per heavy atom. The molecule has 0 N–H and O–H groups in total. The van der Waals surface area contributed by atoms with Gasteiger partial charge in [-0.05, 0) is 36.1 Å². The predicted octanol–water partition coefficient (Wildman–Crippen LogP) is 5.69. The van der Waals surface area contributed by atoms with Gasteiger partial charge in [0.1, 0.15) is 5.69 Å². The summed E-state index contributed by atoms with van der Waals surface area (Å²) in [5.41, 5.74) is -1.05. The maximum absolute atomic E-state index is 13.0. The van der Waals surface area contributed by atoms with Crippen molar-refractivity contribution in [2.75, 3.05) is 5.75 Å². The first-order valence-electron chi connectivity index (χ1n) is 8.29. The van der Waals surface area contributed by atoms with E-state index in [1.54, 1.807) is 7.05 Å². The van der Waals surface area contributed by atoms with Gasteiger partial charge in [0.25, 0.3) is 0 Å². The third-order valence-corrected chi connectivity index (χ3v) is 4.97. The molecule has 4 nitrogen and oxygen atoms in total. The molecule has 3 aromatic rings. The van der Waals surface area contributed by atoms with Gasteiger partial charge in [0, 0.05) is 29.3 Å². The number of hydrogen-bond acceptors (Lipinski definition) is 4. The highest BCUT2D eigenvalue weighted by Crippen LogP contribution is 2.37. The van der Waals surface area contributed by atoms with E-state index in [2.05, 4.69) is 15.2 Å². The van der Waals surface area contributed by atoms with Crippen LogP contribution in [0.2, 0.25) is 0 Å². The van der Waals surface area contributed by atoms with Crippen LogP contribution in [0.1, 0.15) is 18.2 Å². The molecule has 0 spiro atoms. The van der Waals surface area contributed by atoms with Crippen LogP contribution in [0.3, 0.4) is 0 Å². The highest BCUT2D eigenvalue weighted by Gasteiger charge is 2.33. The van der Waals surface area contributed by atoms with Crippen LogP contribution in [0.4, 0.5) is 26.3 Å². The second-order valence-corrected chi connectivity index (χ2v) is 7.28. The number of benzene rings is 1. The Morgan fingerprint density at radius 1 is 0.931 bits per heavy atom. The maximum Gasteiger partial charge on any atom is 0.433 e. The Hall–Kier alpha value is -2.56. The zero-order valence-electron chi connectivity index (χ0n) is 15.1. The quantitative estimate of drug-likeness (QED) is 0.392. The van der Waals surface area contributed by atoms with Gasteiger partial charge < -0.3 is 4.57 Å². The second-order valence-electron chi connectivity index (χ2n) is 5.98. The van der Waals surface area contributed by atoms with E-state index in [4.69, 9.17) is 0 Å². The number of alkyl halides is 6. The van der Waals surface area contributed by atoms with Crippen molar-refractivity contribution >= 4 is 11.8 Å². The number of pyridine rings is 1. The van der Waals surface area contributed by atoms with E-state index in [-0.39, 0.29) is 5.82 Å². The topological polar surface area (TPSA) is 43.6 Å². The Labute approximate surface area is 166 Å². The van der Waals surface area contributed by atoms with Gasteiger partial charge >= 0.3 is 12.4 Å². The SMILES string of the molecule is CCSc1cc(C(F)(F)F)ccc1-c1nnc(-c2ccc(C(F)(F)F)nc2)n1C. The van der Waals surface area contributed by atoms with Crippen LogP contribution in [0.25, 0.3) is 22.8 Å². The molecule has 154 valence electrons. The average Bonchev–Trinajstić information content (AvgIpc) is 3.02. The lowest BCUT2D eigenvalue weighted by molar-refractivity contribution is -0.141. The summed E-state index contributed by atoms with van der Waals surface area (Å²) in [5, 5.41) is 8.02. The molecule has 2 aromatic heterocycles. The van der Waals surface area contributed by atoms with Crippen LogP contribution in [0, 0.1) is 0 Å². The van der Waals surface area contributed by atoms with Crippen LogP contribution in [-0.4, -0.2) is 25.5 Å². The number of halogens is 6. The van der Waals surface area contributed by atoms with Gasteiger partial charge in [-0.1, -0.05) is 6.92 Å². The van der Waals surface area contributed by atoms with Crippen molar-refractivity contribution in [3.05, 3.63) is 47.8 Å². The van der Waals surface area contributed by atoms with Crippen LogP contribution in [0.5, 0.6) is 0 Å². The minimum Gasteiger partial charge on any atom is -0.310 e. The third-order valence-electron chi connectivity index (χ3n) is 4.04. The fraction of sp³-hybridized carbons (Fsp3) is 0.278. The molecule has 0 aliphatic heterocycles. The maximum atomic E-state index is 13.0. The Kier molecular flexibility index (Phi) is 5.61. The molecule has 0 saturated carbocycles. The van der Waals surface area contributed by atoms with Crippen molar-refractivity contribution in [1.82, 2.24) is 19.7 Å². The molecule has 1 aromatic carbocycles. The lowest BCUT2D eigenvalue weighted by Gasteiger charge is -2.13. The molecule has 0 radical (unpaired) electrons. The van der Waals surface area contributed by atoms with Crippen molar-refractivity contribution in [2.24, 2.45) is 7.05 Å². The lowest BCUT2D eigenvalue weighted by atomic mass is 10.1. The third kappa shape index (κ3) is 4.39. The zero-order valence-corrected chi connectivity index (χ0v) is 16.0. The summed E-state index contributed by atoms with van der Waals surface area (Å²) in [6.45, 7) is 1.81. The molecule has 0 unspecified atom stereocenters. The zero-order chi connectivity index (χ0) is 21.4. The van der Waals surface area contributed by atoms with Crippen molar-refractivity contribution in [2.45, 2.75) is 24.2 Å². The molecule has 0 bridgehead atoms. The first kappa shape index (κ1) is 21.2. The summed E-state index contributed by atoms with van der Waals surface area (Å²) in [6.07, 6.45) is -8.00. The minimum atomic E-state index is -4.56. The molecule has 0 saturated heterocycles. The van der Waals surface area contributed by atoms with Crippen molar-refractivity contribution in [3.63, 3.8) is 0 Å². The van der Waals surface area contributed by atoms with Gasteiger partial charge in [-0.2, -0.15) is 26.3 Å². The van der Waals surface area contributed by atoms with Crippen molar-refractivity contribution in [1.29, 1.82) is 0 Å². The molecular weight excluding hydrogens is 418 g/mol. The lowest BCUT2D eigenvalue weighted by Crippen LogP contribution is -2.07. The van der Waals surface area contributed by atoms with Crippen molar-refractivity contribution in [3.8, 4) is 22.8 Å². The normalized spacial score (nSPS) is 12.4. The summed E-state index contributed by atoms with van der Waals surface area (Å²) < 4.78 is 78.7. The summed E-state index contributed by atoms with van der Waals surface area (Å²) in [5.74, 6) is 1.08. The Bertz CT molecular complexity index is 1010. The molecule has 3 rings (SSSR count). The standard InChI is InChI=1S/C18H14F6N4S/c1-3-29-13-8-11(17(19,20)21)5-6-12(13)16-27-26-15(28(16)2)10-4-7-14(25-9-10)18(22,23)24/h4-9H,3H2,1-2H3. The van der Waals surface area contributed by atoms with E-state index in [9.17, 15) is 26.3 Å². The van der Waals surface area contributed by atoms with Gasteiger partial charge in [0.2, 0.25) is 0 Å². The van der Waals surface area contributed by atoms with E-state index in [0.29, 0.717) is 27.6 Å². The number of thioether (sulfide) groups is 1. The summed E-state index contributed by atoms with van der Waals surface area (Å²) in [7, 11) is 1.58. The van der Waals surface area contributed by atoms with Crippen molar-refractivity contribution < 1.29 is 26.3 Å². The van der Waals surface area contributed by atoms with Gasteiger partial charge in [0.05, 0.1) is 5.56 Å². The molecule has 0 atom stereocenters. The van der Waals surface area contributed by atoms with E-state index in [0.717, 1.165) is 24.4 Å². The number of hydrogen-bond donors (Lipinski definition) is 0. The van der Waals surface area contributed by atoms with Gasteiger partial charge in [0.15, 0.2) is 11.6 Å². The highest BCUT2D eigenvalue weighted by molar-refractivity contribution is 7.99. The predicted molar refractivity (Wildman–Crippen MR) is 96.1 cm³/mol. The van der Waals surface area contributed by atoms with Gasteiger partial charge in [-0.25, -0.2) is 0 Å². The summed E-state index contributed by atoms with van der Waals surface area (Å²) >= 11 is 1.23. The molecule has 0 fully saturated rings. The van der Waals surface area contributed by atoms with Crippen LogP contribution >= 0.6 is 11.8 Å². The van der Waals surface area contributed by atoms with Crippen LogP contribution < -0.4 is 0 Å². The summed E-state index contributed by atoms with van der Waals surface area (Å²) in [4.78, 5) is 3.78. The van der Waals surface area contributed by atoms with E-state index in [1.807, 2.05) is 6.92 Å². The number of aromatic nitrogens is 4. The molecular formula is C18H14F6N4S. The van der Waals surface area contributed by atoms with E-state index >= 15 is 0 Å².